The first kappa shape index (κ1) is 32.2. The highest BCUT2D eigenvalue weighted by Crippen LogP contribution is 2.52. The molecule has 13 nitrogen and oxygen atoms in total. The number of benzene rings is 2. The average molecular weight is 639 g/mol. The van der Waals surface area contributed by atoms with Gasteiger partial charge in [-0.2, -0.15) is 0 Å². The SMILES string of the molecule is CC(=O)Nc1cccc2c1C(=O)c1c(O)c3c(c(O)c1C2=O)C[C@@](O)(C(C)=O)C[C@@H]3O[C@H]1C[C@H](N2CCO[C@H](C)C2)[C@H](O)[C@H](C)O1. The maximum absolute atomic E-state index is 14.0. The number of carbonyl (C=O) groups is 4. The fourth-order valence-corrected chi connectivity index (χ4v) is 7.27. The van der Waals surface area contributed by atoms with E-state index in [4.69, 9.17) is 14.2 Å². The van der Waals surface area contributed by atoms with Crippen molar-refractivity contribution in [2.45, 2.75) is 89.3 Å². The number of aromatic hydroxyl groups is 2. The van der Waals surface area contributed by atoms with E-state index < -0.39 is 82.5 Å². The van der Waals surface area contributed by atoms with Gasteiger partial charge in [-0.1, -0.05) is 12.1 Å². The predicted octanol–water partition coefficient (Wildman–Crippen LogP) is 1.74. The molecule has 246 valence electrons. The van der Waals surface area contributed by atoms with Gasteiger partial charge in [0.05, 0.1) is 53.4 Å². The Bertz CT molecular complexity index is 1640. The summed E-state index contributed by atoms with van der Waals surface area (Å²) in [6, 6.07) is 3.93. The van der Waals surface area contributed by atoms with Gasteiger partial charge < -0.3 is 40.0 Å². The van der Waals surface area contributed by atoms with E-state index in [1.54, 1.807) is 6.92 Å². The number of ether oxygens (including phenoxy) is 3. The molecule has 2 fully saturated rings. The van der Waals surface area contributed by atoms with Gasteiger partial charge in [-0.3, -0.25) is 24.1 Å². The van der Waals surface area contributed by atoms with Crippen molar-refractivity contribution in [1.29, 1.82) is 0 Å². The van der Waals surface area contributed by atoms with Crippen molar-refractivity contribution < 1.29 is 53.8 Å². The van der Waals surface area contributed by atoms with E-state index in [9.17, 15) is 39.6 Å². The topological polar surface area (TPSA) is 192 Å². The number of anilines is 1. The third kappa shape index (κ3) is 5.30. The summed E-state index contributed by atoms with van der Waals surface area (Å²) in [6.07, 6.45) is -4.38. The molecule has 2 heterocycles. The first-order valence-electron chi connectivity index (χ1n) is 15.4. The highest BCUT2D eigenvalue weighted by atomic mass is 16.7. The average Bonchev–Trinajstić information content (AvgIpc) is 2.98. The van der Waals surface area contributed by atoms with E-state index in [0.29, 0.717) is 19.7 Å². The Kier molecular flexibility index (Phi) is 8.28. The van der Waals surface area contributed by atoms with Crippen LogP contribution in [0.15, 0.2) is 18.2 Å². The first-order chi connectivity index (χ1) is 21.7. The number of rotatable bonds is 5. The van der Waals surface area contributed by atoms with Crippen LogP contribution in [0, 0.1) is 0 Å². The fraction of sp³-hybridized carbons (Fsp3) is 0.515. The van der Waals surface area contributed by atoms with Crippen molar-refractivity contribution in [3.05, 3.63) is 51.6 Å². The molecule has 2 saturated heterocycles. The number of aliphatic hydroxyl groups excluding tert-OH is 1. The maximum Gasteiger partial charge on any atom is 0.221 e. The first-order valence-corrected chi connectivity index (χ1v) is 15.4. The van der Waals surface area contributed by atoms with Crippen LogP contribution in [0.25, 0.3) is 0 Å². The Morgan fingerprint density at radius 2 is 1.78 bits per heavy atom. The number of nitrogens with one attached hydrogen (secondary N) is 1. The third-order valence-electron chi connectivity index (χ3n) is 9.59. The molecule has 4 aliphatic rings. The molecule has 2 aliphatic carbocycles. The molecule has 0 spiro atoms. The van der Waals surface area contributed by atoms with Crippen molar-refractivity contribution in [2.75, 3.05) is 25.0 Å². The lowest BCUT2D eigenvalue weighted by Gasteiger charge is -2.47. The molecular formula is C33H38N2O11. The van der Waals surface area contributed by atoms with Crippen LogP contribution in [0.3, 0.4) is 0 Å². The molecular weight excluding hydrogens is 600 g/mol. The van der Waals surface area contributed by atoms with Gasteiger partial charge in [0.2, 0.25) is 5.91 Å². The van der Waals surface area contributed by atoms with Crippen molar-refractivity contribution in [2.24, 2.45) is 0 Å². The zero-order chi connectivity index (χ0) is 33.2. The summed E-state index contributed by atoms with van der Waals surface area (Å²) in [5, 5.41) is 48.4. The largest absolute Gasteiger partial charge is 0.507 e. The number of Topliss-reactive ketones (excluding diaryl/α,β-unsaturated/α-hetero) is 1. The van der Waals surface area contributed by atoms with Gasteiger partial charge in [-0.05, 0) is 26.8 Å². The molecule has 6 rings (SSSR count). The Hall–Kier alpha value is -3.72. The predicted molar refractivity (Wildman–Crippen MR) is 161 cm³/mol. The lowest BCUT2D eigenvalue weighted by molar-refractivity contribution is -0.261. The maximum atomic E-state index is 14.0. The molecule has 0 bridgehead atoms. The Labute approximate surface area is 265 Å². The lowest BCUT2D eigenvalue weighted by atomic mass is 9.72. The van der Waals surface area contributed by atoms with Crippen molar-refractivity contribution in [3.8, 4) is 11.5 Å². The number of hydrogen-bond acceptors (Lipinski definition) is 12. The highest BCUT2D eigenvalue weighted by Gasteiger charge is 2.50. The number of amides is 1. The quantitative estimate of drug-likeness (QED) is 0.255. The highest BCUT2D eigenvalue weighted by molar-refractivity contribution is 6.32. The van der Waals surface area contributed by atoms with Crippen molar-refractivity contribution >= 4 is 28.9 Å². The number of aliphatic hydroxyl groups is 2. The summed E-state index contributed by atoms with van der Waals surface area (Å²) in [4.78, 5) is 54.5. The van der Waals surface area contributed by atoms with E-state index in [-0.39, 0.29) is 52.9 Å². The summed E-state index contributed by atoms with van der Waals surface area (Å²) in [5.41, 5.74) is -3.29. The summed E-state index contributed by atoms with van der Waals surface area (Å²) in [7, 11) is 0. The van der Waals surface area contributed by atoms with Crippen LogP contribution in [0.5, 0.6) is 11.5 Å². The number of nitrogens with zero attached hydrogens (tertiary/aromatic N) is 1. The zero-order valence-electron chi connectivity index (χ0n) is 26.0. The Morgan fingerprint density at radius 3 is 2.46 bits per heavy atom. The van der Waals surface area contributed by atoms with Crippen LogP contribution >= 0.6 is 0 Å². The summed E-state index contributed by atoms with van der Waals surface area (Å²) in [5.74, 6) is -3.97. The van der Waals surface area contributed by atoms with Gasteiger partial charge in [-0.25, -0.2) is 0 Å². The van der Waals surface area contributed by atoms with Crippen LogP contribution in [0.4, 0.5) is 5.69 Å². The molecule has 1 amide bonds. The molecule has 46 heavy (non-hydrogen) atoms. The second-order valence-electron chi connectivity index (χ2n) is 12.7. The van der Waals surface area contributed by atoms with Gasteiger partial charge in [0.1, 0.15) is 17.1 Å². The van der Waals surface area contributed by atoms with Crippen LogP contribution in [-0.2, 0) is 30.2 Å². The number of phenols is 2. The van der Waals surface area contributed by atoms with Gasteiger partial charge in [0.15, 0.2) is 23.6 Å². The van der Waals surface area contributed by atoms with Crippen LogP contribution < -0.4 is 5.32 Å². The third-order valence-corrected chi connectivity index (χ3v) is 9.59. The van der Waals surface area contributed by atoms with E-state index in [0.717, 1.165) is 0 Å². The molecule has 2 aromatic rings. The van der Waals surface area contributed by atoms with Crippen molar-refractivity contribution in [3.63, 3.8) is 0 Å². The molecule has 0 radical (unpaired) electrons. The van der Waals surface area contributed by atoms with Crippen LogP contribution in [-0.4, -0.2) is 105 Å². The lowest BCUT2D eigenvalue weighted by Crippen LogP contribution is -2.59. The summed E-state index contributed by atoms with van der Waals surface area (Å²) in [6.45, 7) is 7.73. The smallest absolute Gasteiger partial charge is 0.221 e. The number of carbonyl (C=O) groups excluding carboxylic acids is 4. The second kappa shape index (κ2) is 11.8. The summed E-state index contributed by atoms with van der Waals surface area (Å²) >= 11 is 0. The molecule has 2 aliphatic heterocycles. The Balaban J connectivity index is 1.43. The number of phenolic OH excluding ortho intramolecular Hbond substituents is 2. The Morgan fingerprint density at radius 1 is 1.07 bits per heavy atom. The number of hydrogen-bond donors (Lipinski definition) is 5. The molecule has 7 atom stereocenters. The second-order valence-corrected chi connectivity index (χ2v) is 12.7. The van der Waals surface area contributed by atoms with Gasteiger partial charge in [0.25, 0.3) is 0 Å². The van der Waals surface area contributed by atoms with E-state index >= 15 is 0 Å². The minimum Gasteiger partial charge on any atom is -0.507 e. The van der Waals surface area contributed by atoms with Crippen molar-refractivity contribution in [1.82, 2.24) is 4.90 Å². The molecule has 0 saturated carbocycles. The van der Waals surface area contributed by atoms with Crippen LogP contribution in [0.2, 0.25) is 0 Å². The van der Waals surface area contributed by atoms with E-state index in [1.807, 2.05) is 6.92 Å². The minimum atomic E-state index is -2.03. The van der Waals surface area contributed by atoms with Crippen LogP contribution in [0.1, 0.15) is 89.6 Å². The minimum absolute atomic E-state index is 0.0445. The monoisotopic (exact) mass is 638 g/mol. The molecule has 0 aromatic heterocycles. The standard InChI is InChI=1S/C33H38N2O11/c1-14-13-35(8-9-44-14)21-10-23(45-15(2)28(21)38)46-22-12-33(43,16(3)36)11-19-25(22)32(42)27-26(30(19)40)29(39)18-6-5-7-20(34-17(4)37)24(18)31(27)41/h5-7,14-15,21-23,28,38,40,42-43H,8-13H2,1-4H3,(H,34,37)/t14-,15+,21+,22+,23+,28-,33+/m1/s1. The molecule has 0 unspecified atom stereocenters. The van der Waals surface area contributed by atoms with E-state index in [2.05, 4.69) is 10.2 Å². The van der Waals surface area contributed by atoms with Gasteiger partial charge in [0, 0.05) is 62.0 Å². The fourth-order valence-electron chi connectivity index (χ4n) is 7.27. The summed E-state index contributed by atoms with van der Waals surface area (Å²) < 4.78 is 18.0. The number of fused-ring (bicyclic) bond motifs is 3. The molecule has 2 aromatic carbocycles. The zero-order valence-corrected chi connectivity index (χ0v) is 26.0. The van der Waals surface area contributed by atoms with Gasteiger partial charge >= 0.3 is 0 Å². The number of ketones is 3. The van der Waals surface area contributed by atoms with Gasteiger partial charge in [-0.15, -0.1) is 0 Å². The normalized spacial score (nSPS) is 31.1. The molecule has 5 N–H and O–H groups in total. The number of morpholine rings is 1. The van der Waals surface area contributed by atoms with E-state index in [1.165, 1.54) is 32.0 Å². The molecule has 13 heteroatoms.